The van der Waals surface area contributed by atoms with Crippen molar-refractivity contribution in [2.24, 2.45) is 0 Å². The van der Waals surface area contributed by atoms with Crippen LogP contribution in [-0.2, 0) is 0 Å². The van der Waals surface area contributed by atoms with Crippen LogP contribution in [0.25, 0.3) is 0 Å². The van der Waals surface area contributed by atoms with Crippen molar-refractivity contribution in [1.82, 2.24) is 0 Å². The van der Waals surface area contributed by atoms with Crippen LogP contribution < -0.4 is 0 Å². The van der Waals surface area contributed by atoms with Crippen LogP contribution in [0.3, 0.4) is 0 Å². The molecule has 1 saturated carbocycles. The lowest BCUT2D eigenvalue weighted by Crippen LogP contribution is -2.09. The molecule has 1 nitrogen and oxygen atoms in total. The molecule has 2 heteroatoms. The zero-order chi connectivity index (χ0) is 14.1. The predicted octanol–water partition coefficient (Wildman–Crippen LogP) is 4.48. The third-order valence-corrected chi connectivity index (χ3v) is 4.36. The minimum atomic E-state index is -0.763. The van der Waals surface area contributed by atoms with Gasteiger partial charge < -0.3 is 5.11 Å². The normalized spacial score (nSPS) is 16.8. The molecule has 0 heterocycles. The van der Waals surface area contributed by atoms with E-state index in [1.807, 2.05) is 19.1 Å². The topological polar surface area (TPSA) is 20.2 Å². The fraction of sp³-hybridized carbons (Fsp3) is 0.333. The molecule has 1 aliphatic carbocycles. The molecule has 2 aromatic carbocycles. The Labute approximate surface area is 119 Å². The van der Waals surface area contributed by atoms with Gasteiger partial charge in [-0.25, -0.2) is 4.39 Å². The van der Waals surface area contributed by atoms with Crippen LogP contribution in [0.2, 0.25) is 0 Å². The molecule has 1 atom stereocenters. The SMILES string of the molecule is Cc1ccc(F)cc1C(O)c1ccc(C2CCC2)cc1. The van der Waals surface area contributed by atoms with E-state index in [4.69, 9.17) is 0 Å². The van der Waals surface area contributed by atoms with Gasteiger partial charge in [-0.3, -0.25) is 0 Å². The molecule has 0 spiro atoms. The van der Waals surface area contributed by atoms with Crippen molar-refractivity contribution >= 4 is 0 Å². The van der Waals surface area contributed by atoms with Crippen LogP contribution in [-0.4, -0.2) is 5.11 Å². The molecule has 20 heavy (non-hydrogen) atoms. The quantitative estimate of drug-likeness (QED) is 0.871. The van der Waals surface area contributed by atoms with E-state index in [0.717, 1.165) is 11.1 Å². The summed E-state index contributed by atoms with van der Waals surface area (Å²) in [7, 11) is 0. The van der Waals surface area contributed by atoms with Crippen LogP contribution >= 0.6 is 0 Å². The van der Waals surface area contributed by atoms with Crippen molar-refractivity contribution in [2.45, 2.75) is 38.2 Å². The largest absolute Gasteiger partial charge is 0.384 e. The van der Waals surface area contributed by atoms with Gasteiger partial charge in [-0.05, 0) is 60.1 Å². The standard InChI is InChI=1S/C18H19FO/c1-12-5-10-16(19)11-17(12)18(20)15-8-6-14(7-9-15)13-3-2-4-13/h5-11,13,18,20H,2-4H2,1H3. The molecule has 0 aromatic heterocycles. The highest BCUT2D eigenvalue weighted by Gasteiger charge is 2.20. The van der Waals surface area contributed by atoms with E-state index in [2.05, 4.69) is 12.1 Å². The number of hydrogen-bond donors (Lipinski definition) is 1. The molecule has 1 N–H and O–H groups in total. The molecule has 2 aromatic rings. The molecule has 1 fully saturated rings. The second-order valence-electron chi connectivity index (χ2n) is 5.70. The maximum Gasteiger partial charge on any atom is 0.123 e. The summed E-state index contributed by atoms with van der Waals surface area (Å²) in [6.07, 6.45) is 3.09. The van der Waals surface area contributed by atoms with Gasteiger partial charge in [0.1, 0.15) is 11.9 Å². The number of aliphatic hydroxyl groups excluding tert-OH is 1. The van der Waals surface area contributed by atoms with E-state index in [1.165, 1.54) is 37.0 Å². The van der Waals surface area contributed by atoms with Gasteiger partial charge in [0.2, 0.25) is 0 Å². The van der Waals surface area contributed by atoms with Crippen LogP contribution in [0.4, 0.5) is 4.39 Å². The van der Waals surface area contributed by atoms with Gasteiger partial charge in [0.05, 0.1) is 0 Å². The van der Waals surface area contributed by atoms with Crippen molar-refractivity contribution in [3.05, 3.63) is 70.5 Å². The first-order valence-corrected chi connectivity index (χ1v) is 7.19. The molecule has 1 aliphatic rings. The Balaban J connectivity index is 1.85. The molecule has 104 valence electrons. The lowest BCUT2D eigenvalue weighted by Gasteiger charge is -2.26. The fourth-order valence-corrected chi connectivity index (χ4v) is 2.78. The van der Waals surface area contributed by atoms with Crippen molar-refractivity contribution in [2.75, 3.05) is 0 Å². The number of rotatable bonds is 3. The Hall–Kier alpha value is -1.67. The van der Waals surface area contributed by atoms with E-state index in [1.54, 1.807) is 6.07 Å². The fourth-order valence-electron chi connectivity index (χ4n) is 2.78. The first-order valence-electron chi connectivity index (χ1n) is 7.19. The van der Waals surface area contributed by atoms with Gasteiger partial charge in [0.25, 0.3) is 0 Å². The van der Waals surface area contributed by atoms with Crippen molar-refractivity contribution in [3.8, 4) is 0 Å². The molecular weight excluding hydrogens is 251 g/mol. The first kappa shape index (κ1) is 13.3. The summed E-state index contributed by atoms with van der Waals surface area (Å²) < 4.78 is 13.3. The average Bonchev–Trinajstić information content (AvgIpc) is 2.40. The van der Waals surface area contributed by atoms with Gasteiger partial charge in [-0.1, -0.05) is 36.8 Å². The lowest BCUT2D eigenvalue weighted by molar-refractivity contribution is 0.219. The molecule has 3 rings (SSSR count). The number of aryl methyl sites for hydroxylation is 1. The van der Waals surface area contributed by atoms with Gasteiger partial charge in [0, 0.05) is 0 Å². The lowest BCUT2D eigenvalue weighted by atomic mass is 9.80. The Morgan fingerprint density at radius 2 is 1.80 bits per heavy atom. The zero-order valence-corrected chi connectivity index (χ0v) is 11.6. The molecule has 0 amide bonds. The van der Waals surface area contributed by atoms with Crippen LogP contribution in [0, 0.1) is 12.7 Å². The van der Waals surface area contributed by atoms with Gasteiger partial charge in [-0.2, -0.15) is 0 Å². The number of hydrogen-bond acceptors (Lipinski definition) is 1. The monoisotopic (exact) mass is 270 g/mol. The molecular formula is C18H19FO. The highest BCUT2D eigenvalue weighted by Crippen LogP contribution is 2.37. The molecule has 0 bridgehead atoms. The highest BCUT2D eigenvalue weighted by molar-refractivity contribution is 5.37. The molecule has 0 radical (unpaired) electrons. The Kier molecular flexibility index (Phi) is 3.58. The van der Waals surface area contributed by atoms with E-state index in [9.17, 15) is 9.50 Å². The number of benzene rings is 2. The number of halogens is 1. The zero-order valence-electron chi connectivity index (χ0n) is 11.6. The minimum absolute atomic E-state index is 0.310. The van der Waals surface area contributed by atoms with E-state index >= 15 is 0 Å². The summed E-state index contributed by atoms with van der Waals surface area (Å²) in [6.45, 7) is 1.89. The van der Waals surface area contributed by atoms with Crippen LogP contribution in [0.5, 0.6) is 0 Å². The molecule has 1 unspecified atom stereocenters. The maximum atomic E-state index is 13.3. The Bertz CT molecular complexity index is 599. The van der Waals surface area contributed by atoms with E-state index < -0.39 is 6.10 Å². The summed E-state index contributed by atoms with van der Waals surface area (Å²) in [5.41, 5.74) is 3.72. The van der Waals surface area contributed by atoms with E-state index in [-0.39, 0.29) is 5.82 Å². The maximum absolute atomic E-state index is 13.3. The second kappa shape index (κ2) is 5.37. The summed E-state index contributed by atoms with van der Waals surface area (Å²) in [5, 5.41) is 10.4. The van der Waals surface area contributed by atoms with Crippen LogP contribution in [0.1, 0.15) is 53.5 Å². The summed E-state index contributed by atoms with van der Waals surface area (Å²) in [5.74, 6) is 0.382. The summed E-state index contributed by atoms with van der Waals surface area (Å²) in [4.78, 5) is 0. The van der Waals surface area contributed by atoms with Gasteiger partial charge in [0.15, 0.2) is 0 Å². The molecule has 0 aliphatic heterocycles. The first-order chi connectivity index (χ1) is 9.65. The van der Waals surface area contributed by atoms with Crippen molar-refractivity contribution in [3.63, 3.8) is 0 Å². The highest BCUT2D eigenvalue weighted by atomic mass is 19.1. The second-order valence-corrected chi connectivity index (χ2v) is 5.70. The predicted molar refractivity (Wildman–Crippen MR) is 78.2 cm³/mol. The number of aliphatic hydroxyl groups is 1. The van der Waals surface area contributed by atoms with Gasteiger partial charge in [-0.15, -0.1) is 0 Å². The van der Waals surface area contributed by atoms with Crippen LogP contribution in [0.15, 0.2) is 42.5 Å². The van der Waals surface area contributed by atoms with Gasteiger partial charge >= 0.3 is 0 Å². The average molecular weight is 270 g/mol. The summed E-state index contributed by atoms with van der Waals surface area (Å²) in [6, 6.07) is 12.7. The third kappa shape index (κ3) is 2.48. The Morgan fingerprint density at radius 1 is 1.10 bits per heavy atom. The third-order valence-electron chi connectivity index (χ3n) is 4.36. The summed E-state index contributed by atoms with van der Waals surface area (Å²) >= 11 is 0. The van der Waals surface area contributed by atoms with E-state index in [0.29, 0.717) is 11.5 Å². The minimum Gasteiger partial charge on any atom is -0.384 e. The van der Waals surface area contributed by atoms with Crippen molar-refractivity contribution in [1.29, 1.82) is 0 Å². The smallest absolute Gasteiger partial charge is 0.123 e. The van der Waals surface area contributed by atoms with Crippen molar-refractivity contribution < 1.29 is 9.50 Å². The molecule has 0 saturated heterocycles. The Morgan fingerprint density at radius 3 is 2.40 bits per heavy atom.